The van der Waals surface area contributed by atoms with Gasteiger partial charge in [0, 0.05) is 25.0 Å². The molecule has 7 nitrogen and oxygen atoms in total. The molecule has 2 N–H and O–H groups in total. The summed E-state index contributed by atoms with van der Waals surface area (Å²) in [6.45, 7) is 2.30. The van der Waals surface area contributed by atoms with Crippen molar-refractivity contribution in [3.05, 3.63) is 112 Å². The van der Waals surface area contributed by atoms with E-state index in [4.69, 9.17) is 4.74 Å². The van der Waals surface area contributed by atoms with E-state index in [1.807, 2.05) is 73.7 Å². The van der Waals surface area contributed by atoms with Crippen LogP contribution >= 0.6 is 0 Å². The predicted octanol–water partition coefficient (Wildman–Crippen LogP) is 4.44. The molecule has 0 bridgehead atoms. The lowest BCUT2D eigenvalue weighted by atomic mass is 10.0. The van der Waals surface area contributed by atoms with Crippen LogP contribution in [0.1, 0.15) is 57.7 Å². The summed E-state index contributed by atoms with van der Waals surface area (Å²) in [5.74, 6) is -0.184. The SMILES string of the molecule is COc1ccc2cc([C@@H](C)NC(=O)c3cn(Cc4ccccc4)cc(C(=O)NC4CC4)c3=O)ccc2c1. The number of amides is 2. The first-order valence-electron chi connectivity index (χ1n) is 12.4. The molecule has 1 aliphatic carbocycles. The van der Waals surface area contributed by atoms with Crippen molar-refractivity contribution in [3.63, 3.8) is 0 Å². The van der Waals surface area contributed by atoms with E-state index in [9.17, 15) is 14.4 Å². The third kappa shape index (κ3) is 5.56. The first-order valence-corrected chi connectivity index (χ1v) is 12.4. The lowest BCUT2D eigenvalue weighted by Crippen LogP contribution is -2.36. The molecule has 0 unspecified atom stereocenters. The Kier molecular flexibility index (Phi) is 6.77. The molecule has 1 fully saturated rings. The van der Waals surface area contributed by atoms with Crippen molar-refractivity contribution < 1.29 is 14.3 Å². The van der Waals surface area contributed by atoms with E-state index in [2.05, 4.69) is 10.6 Å². The Labute approximate surface area is 215 Å². The number of aromatic nitrogens is 1. The summed E-state index contributed by atoms with van der Waals surface area (Å²) in [5, 5.41) is 7.85. The minimum atomic E-state index is -0.572. The average molecular weight is 496 g/mol. The molecule has 3 aromatic carbocycles. The van der Waals surface area contributed by atoms with Gasteiger partial charge in [0.2, 0.25) is 5.43 Å². The fraction of sp³-hybridized carbons (Fsp3) is 0.233. The van der Waals surface area contributed by atoms with Crippen LogP contribution in [0.4, 0.5) is 0 Å². The molecule has 0 radical (unpaired) electrons. The maximum absolute atomic E-state index is 13.3. The number of ether oxygens (including phenoxy) is 1. The van der Waals surface area contributed by atoms with E-state index in [-0.39, 0.29) is 23.2 Å². The zero-order valence-electron chi connectivity index (χ0n) is 20.9. The highest BCUT2D eigenvalue weighted by Crippen LogP contribution is 2.24. The van der Waals surface area contributed by atoms with Gasteiger partial charge in [0.05, 0.1) is 13.2 Å². The summed E-state index contributed by atoms with van der Waals surface area (Å²) in [6.07, 6.45) is 4.86. The number of nitrogens with zero attached hydrogens (tertiary/aromatic N) is 1. The third-order valence-corrected chi connectivity index (χ3v) is 6.61. The molecule has 0 aliphatic heterocycles. The molecule has 37 heavy (non-hydrogen) atoms. The maximum atomic E-state index is 13.3. The molecule has 1 aliphatic rings. The van der Waals surface area contributed by atoms with Crippen molar-refractivity contribution in [1.82, 2.24) is 15.2 Å². The molecule has 1 saturated carbocycles. The molecule has 2 amide bonds. The minimum Gasteiger partial charge on any atom is -0.497 e. The van der Waals surface area contributed by atoms with Gasteiger partial charge >= 0.3 is 0 Å². The quantitative estimate of drug-likeness (QED) is 0.378. The molecule has 7 heteroatoms. The second kappa shape index (κ2) is 10.3. The van der Waals surface area contributed by atoms with Crippen LogP contribution in [-0.4, -0.2) is 29.5 Å². The smallest absolute Gasteiger partial charge is 0.257 e. The summed E-state index contributed by atoms with van der Waals surface area (Å²) >= 11 is 0. The van der Waals surface area contributed by atoms with Crippen LogP contribution in [-0.2, 0) is 6.54 Å². The number of rotatable bonds is 8. The van der Waals surface area contributed by atoms with Gasteiger partial charge in [-0.2, -0.15) is 0 Å². The van der Waals surface area contributed by atoms with E-state index in [0.717, 1.165) is 40.5 Å². The van der Waals surface area contributed by atoms with E-state index < -0.39 is 17.2 Å². The van der Waals surface area contributed by atoms with Gasteiger partial charge in [-0.05, 0) is 59.9 Å². The van der Waals surface area contributed by atoms with Gasteiger partial charge in [-0.3, -0.25) is 14.4 Å². The highest BCUT2D eigenvalue weighted by atomic mass is 16.5. The molecule has 188 valence electrons. The predicted molar refractivity (Wildman–Crippen MR) is 143 cm³/mol. The van der Waals surface area contributed by atoms with Crippen molar-refractivity contribution in [1.29, 1.82) is 0 Å². The van der Waals surface area contributed by atoms with Crippen molar-refractivity contribution in [2.75, 3.05) is 7.11 Å². The van der Waals surface area contributed by atoms with Gasteiger partial charge in [-0.15, -0.1) is 0 Å². The fourth-order valence-electron chi connectivity index (χ4n) is 4.33. The van der Waals surface area contributed by atoms with Crippen LogP contribution in [0.3, 0.4) is 0 Å². The van der Waals surface area contributed by atoms with Crippen molar-refractivity contribution in [2.45, 2.75) is 38.4 Å². The Balaban J connectivity index is 1.43. The van der Waals surface area contributed by atoms with Gasteiger partial charge in [0.1, 0.15) is 16.9 Å². The van der Waals surface area contributed by atoms with Crippen LogP contribution in [0, 0.1) is 0 Å². The number of carbonyl (C=O) groups is 2. The summed E-state index contributed by atoms with van der Waals surface area (Å²) in [6, 6.07) is 21.2. The van der Waals surface area contributed by atoms with Crippen LogP contribution in [0.2, 0.25) is 0 Å². The van der Waals surface area contributed by atoms with Crippen LogP contribution in [0.5, 0.6) is 5.75 Å². The number of carbonyl (C=O) groups excluding carboxylic acids is 2. The molecular weight excluding hydrogens is 466 g/mol. The number of hydrogen-bond donors (Lipinski definition) is 2. The number of benzene rings is 3. The number of methoxy groups -OCH3 is 1. The van der Waals surface area contributed by atoms with E-state index in [0.29, 0.717) is 6.54 Å². The van der Waals surface area contributed by atoms with Crippen LogP contribution in [0.15, 0.2) is 83.9 Å². The Morgan fingerprint density at radius 3 is 2.32 bits per heavy atom. The summed E-state index contributed by atoms with van der Waals surface area (Å²) in [4.78, 5) is 39.4. The molecule has 1 heterocycles. The van der Waals surface area contributed by atoms with E-state index in [1.165, 1.54) is 12.4 Å². The molecule has 1 atom stereocenters. The zero-order chi connectivity index (χ0) is 25.9. The number of hydrogen-bond acceptors (Lipinski definition) is 4. The molecule has 0 spiro atoms. The molecule has 0 saturated heterocycles. The van der Waals surface area contributed by atoms with Gasteiger partial charge in [-0.1, -0.05) is 48.5 Å². The van der Waals surface area contributed by atoms with Crippen molar-refractivity contribution in [2.24, 2.45) is 0 Å². The van der Waals surface area contributed by atoms with E-state index >= 15 is 0 Å². The van der Waals surface area contributed by atoms with Gasteiger partial charge < -0.3 is 19.9 Å². The summed E-state index contributed by atoms with van der Waals surface area (Å²) < 4.78 is 7.02. The molecule has 5 rings (SSSR count). The standard InChI is InChI=1S/C30H29N3O4/c1-19(21-8-9-23-15-25(37-2)13-10-22(23)14-21)31-29(35)26-17-33(16-20-6-4-3-5-7-20)18-27(28(26)34)30(36)32-24-11-12-24/h3-10,13-15,17-19,24H,11-12,16H2,1-2H3,(H,31,35)(H,32,36)/t19-/m1/s1. The molecule has 1 aromatic heterocycles. The van der Waals surface area contributed by atoms with Crippen molar-refractivity contribution in [3.8, 4) is 5.75 Å². The first kappa shape index (κ1) is 24.3. The second-order valence-electron chi connectivity index (χ2n) is 9.49. The molecule has 4 aromatic rings. The third-order valence-electron chi connectivity index (χ3n) is 6.61. The lowest BCUT2D eigenvalue weighted by molar-refractivity contribution is 0.0938. The van der Waals surface area contributed by atoms with Crippen LogP contribution in [0.25, 0.3) is 10.8 Å². The molecular formula is C30H29N3O4. The largest absolute Gasteiger partial charge is 0.497 e. The topological polar surface area (TPSA) is 89.4 Å². The summed E-state index contributed by atoms with van der Waals surface area (Å²) in [5.41, 5.74) is 1.24. The van der Waals surface area contributed by atoms with Crippen LogP contribution < -0.4 is 20.8 Å². The second-order valence-corrected chi connectivity index (χ2v) is 9.49. The number of nitrogens with one attached hydrogen (secondary N) is 2. The maximum Gasteiger partial charge on any atom is 0.257 e. The van der Waals surface area contributed by atoms with Gasteiger partial charge in [0.25, 0.3) is 11.8 Å². The lowest BCUT2D eigenvalue weighted by Gasteiger charge is -2.17. The Hall–Kier alpha value is -4.39. The first-order chi connectivity index (χ1) is 17.9. The Morgan fingerprint density at radius 2 is 1.62 bits per heavy atom. The minimum absolute atomic E-state index is 0.0252. The highest BCUT2D eigenvalue weighted by molar-refractivity contribution is 5.99. The highest BCUT2D eigenvalue weighted by Gasteiger charge is 2.27. The average Bonchev–Trinajstić information content (AvgIpc) is 3.73. The normalized spacial score (nSPS) is 13.7. The van der Waals surface area contributed by atoms with E-state index in [1.54, 1.807) is 11.7 Å². The number of pyridine rings is 1. The summed E-state index contributed by atoms with van der Waals surface area (Å²) in [7, 11) is 1.63. The zero-order valence-corrected chi connectivity index (χ0v) is 20.9. The Bertz CT molecular complexity index is 1520. The number of fused-ring (bicyclic) bond motifs is 1. The fourth-order valence-corrected chi connectivity index (χ4v) is 4.33. The van der Waals surface area contributed by atoms with Gasteiger partial charge in [-0.25, -0.2) is 0 Å². The van der Waals surface area contributed by atoms with Crippen molar-refractivity contribution >= 4 is 22.6 Å². The monoisotopic (exact) mass is 495 g/mol. The van der Waals surface area contributed by atoms with Gasteiger partial charge in [0.15, 0.2) is 0 Å². The Morgan fingerprint density at radius 1 is 0.946 bits per heavy atom.